The summed E-state index contributed by atoms with van der Waals surface area (Å²) in [6, 6.07) is 16.8. The molecule has 35 heavy (non-hydrogen) atoms. The van der Waals surface area contributed by atoms with Gasteiger partial charge in [0, 0.05) is 11.3 Å². The standard InChI is InChI=1S/C27H23FN2O3S2/c1-16-12-17(2)25(18(3)13-16)29-24(31)15-33-22-7-5-4-6-19(22)14-23-26(32)30(27(34)35-23)21-10-8-20(28)9-11-21/h4-14H,15H2,1-3H3,(H,29,31)/b23-14-. The fraction of sp³-hybridized carbons (Fsp3) is 0.148. The molecule has 178 valence electrons. The summed E-state index contributed by atoms with van der Waals surface area (Å²) in [5.41, 5.74) is 5.02. The van der Waals surface area contributed by atoms with Crippen LogP contribution >= 0.6 is 24.0 Å². The van der Waals surface area contributed by atoms with Crippen LogP contribution in [0, 0.1) is 26.6 Å². The molecule has 0 aromatic heterocycles. The number of ether oxygens (including phenoxy) is 1. The van der Waals surface area contributed by atoms with Crippen molar-refractivity contribution < 1.29 is 18.7 Å². The molecule has 1 N–H and O–H groups in total. The van der Waals surface area contributed by atoms with Crippen molar-refractivity contribution in [3.8, 4) is 5.75 Å². The van der Waals surface area contributed by atoms with Crippen LogP contribution < -0.4 is 15.0 Å². The van der Waals surface area contributed by atoms with Crippen LogP contribution in [0.1, 0.15) is 22.3 Å². The van der Waals surface area contributed by atoms with Crippen LogP contribution in [0.15, 0.2) is 65.6 Å². The zero-order valence-corrected chi connectivity index (χ0v) is 21.1. The summed E-state index contributed by atoms with van der Waals surface area (Å²) in [6.45, 7) is 5.73. The van der Waals surface area contributed by atoms with Crippen LogP contribution in [0.2, 0.25) is 0 Å². The molecule has 1 heterocycles. The van der Waals surface area contributed by atoms with Gasteiger partial charge in [-0.1, -0.05) is 59.9 Å². The van der Waals surface area contributed by atoms with Crippen LogP contribution in [0.4, 0.5) is 15.8 Å². The normalized spacial score (nSPS) is 14.5. The van der Waals surface area contributed by atoms with Crippen molar-refractivity contribution in [1.82, 2.24) is 0 Å². The average Bonchev–Trinajstić information content (AvgIpc) is 3.09. The first-order valence-electron chi connectivity index (χ1n) is 10.9. The fourth-order valence-electron chi connectivity index (χ4n) is 3.85. The number of nitrogens with zero attached hydrogens (tertiary/aromatic N) is 1. The quantitative estimate of drug-likeness (QED) is 0.320. The first kappa shape index (κ1) is 24.6. The Morgan fingerprint density at radius 3 is 2.43 bits per heavy atom. The Morgan fingerprint density at radius 2 is 1.74 bits per heavy atom. The Bertz CT molecular complexity index is 1330. The monoisotopic (exact) mass is 506 g/mol. The highest BCUT2D eigenvalue weighted by Crippen LogP contribution is 2.37. The lowest BCUT2D eigenvalue weighted by molar-refractivity contribution is -0.118. The smallest absolute Gasteiger partial charge is 0.270 e. The molecule has 1 saturated heterocycles. The van der Waals surface area contributed by atoms with Crippen LogP contribution in [0.25, 0.3) is 6.08 Å². The number of halogens is 1. The maximum absolute atomic E-state index is 13.3. The Labute approximate surface area is 213 Å². The van der Waals surface area contributed by atoms with E-state index in [2.05, 4.69) is 5.32 Å². The number of para-hydroxylation sites is 1. The lowest BCUT2D eigenvalue weighted by Crippen LogP contribution is -2.27. The van der Waals surface area contributed by atoms with E-state index < -0.39 is 5.82 Å². The number of nitrogens with one attached hydrogen (secondary N) is 1. The molecule has 0 unspecified atom stereocenters. The van der Waals surface area contributed by atoms with Crippen molar-refractivity contribution in [2.45, 2.75) is 20.8 Å². The number of rotatable bonds is 6. The Hall–Kier alpha value is -3.49. The molecular weight excluding hydrogens is 483 g/mol. The topological polar surface area (TPSA) is 58.6 Å². The fourth-order valence-corrected chi connectivity index (χ4v) is 5.14. The van der Waals surface area contributed by atoms with E-state index in [4.69, 9.17) is 17.0 Å². The molecule has 0 radical (unpaired) electrons. The van der Waals surface area contributed by atoms with E-state index in [1.807, 2.05) is 39.0 Å². The van der Waals surface area contributed by atoms with Crippen molar-refractivity contribution >= 4 is 57.6 Å². The molecule has 1 aliphatic rings. The number of benzene rings is 3. The van der Waals surface area contributed by atoms with Gasteiger partial charge in [0.15, 0.2) is 10.9 Å². The Kier molecular flexibility index (Phi) is 7.33. The van der Waals surface area contributed by atoms with Crippen LogP contribution in [-0.2, 0) is 9.59 Å². The molecule has 3 aromatic carbocycles. The number of anilines is 2. The van der Waals surface area contributed by atoms with Crippen LogP contribution in [0.5, 0.6) is 5.75 Å². The van der Waals surface area contributed by atoms with E-state index in [1.54, 1.807) is 24.3 Å². The van der Waals surface area contributed by atoms with E-state index in [1.165, 1.54) is 29.2 Å². The third-order valence-corrected chi connectivity index (χ3v) is 6.69. The van der Waals surface area contributed by atoms with Crippen molar-refractivity contribution in [2.24, 2.45) is 0 Å². The van der Waals surface area contributed by atoms with Gasteiger partial charge in [0.25, 0.3) is 11.8 Å². The number of thiocarbonyl (C=S) groups is 1. The van der Waals surface area contributed by atoms with Gasteiger partial charge in [-0.2, -0.15) is 0 Å². The van der Waals surface area contributed by atoms with Gasteiger partial charge in [-0.25, -0.2) is 4.39 Å². The second-order valence-electron chi connectivity index (χ2n) is 8.14. The highest BCUT2D eigenvalue weighted by molar-refractivity contribution is 8.27. The summed E-state index contributed by atoms with van der Waals surface area (Å²) in [7, 11) is 0. The number of carbonyl (C=O) groups is 2. The number of amides is 2. The molecule has 4 rings (SSSR count). The van der Waals surface area contributed by atoms with Crippen LogP contribution in [-0.4, -0.2) is 22.7 Å². The lowest BCUT2D eigenvalue weighted by atomic mass is 10.1. The number of thioether (sulfide) groups is 1. The third-order valence-electron chi connectivity index (χ3n) is 5.38. The van der Waals surface area contributed by atoms with E-state index in [0.717, 1.165) is 34.1 Å². The Balaban J connectivity index is 1.49. The predicted octanol–water partition coefficient (Wildman–Crippen LogP) is 6.17. The highest BCUT2D eigenvalue weighted by Gasteiger charge is 2.33. The molecule has 3 aromatic rings. The van der Waals surface area contributed by atoms with Crippen molar-refractivity contribution in [1.29, 1.82) is 0 Å². The number of aryl methyl sites for hydroxylation is 3. The van der Waals surface area contributed by atoms with E-state index in [9.17, 15) is 14.0 Å². The molecule has 0 bridgehead atoms. The molecule has 0 atom stereocenters. The van der Waals surface area contributed by atoms with Gasteiger partial charge in [-0.05, 0) is 68.3 Å². The summed E-state index contributed by atoms with van der Waals surface area (Å²) < 4.78 is 19.5. The minimum Gasteiger partial charge on any atom is -0.483 e. The van der Waals surface area contributed by atoms with Crippen molar-refractivity contribution in [3.63, 3.8) is 0 Å². The molecule has 0 spiro atoms. The average molecular weight is 507 g/mol. The second-order valence-corrected chi connectivity index (χ2v) is 9.82. The summed E-state index contributed by atoms with van der Waals surface area (Å²) in [4.78, 5) is 27.4. The second kappa shape index (κ2) is 10.4. The Morgan fingerprint density at radius 1 is 1.09 bits per heavy atom. The molecule has 1 fully saturated rings. The highest BCUT2D eigenvalue weighted by atomic mass is 32.2. The van der Waals surface area contributed by atoms with Gasteiger partial charge in [-0.15, -0.1) is 0 Å². The van der Waals surface area contributed by atoms with Crippen LogP contribution in [0.3, 0.4) is 0 Å². The summed E-state index contributed by atoms with van der Waals surface area (Å²) >= 11 is 6.54. The maximum Gasteiger partial charge on any atom is 0.270 e. The molecule has 1 aliphatic heterocycles. The summed E-state index contributed by atoms with van der Waals surface area (Å²) in [5, 5.41) is 2.92. The molecule has 2 amide bonds. The first-order chi connectivity index (χ1) is 16.7. The molecule has 0 aliphatic carbocycles. The van der Waals surface area contributed by atoms with Gasteiger partial charge in [-0.3, -0.25) is 14.5 Å². The maximum atomic E-state index is 13.3. The van der Waals surface area contributed by atoms with E-state index >= 15 is 0 Å². The lowest BCUT2D eigenvalue weighted by Gasteiger charge is -2.14. The van der Waals surface area contributed by atoms with Gasteiger partial charge in [0.1, 0.15) is 11.6 Å². The molecular formula is C27H23FN2O3S2. The number of hydrogen-bond donors (Lipinski definition) is 1. The molecule has 5 nitrogen and oxygen atoms in total. The number of carbonyl (C=O) groups excluding carboxylic acids is 2. The van der Waals surface area contributed by atoms with Crippen molar-refractivity contribution in [2.75, 3.05) is 16.8 Å². The SMILES string of the molecule is Cc1cc(C)c(NC(=O)COc2ccccc2/C=C2\SC(=S)N(c3ccc(F)cc3)C2=O)c(C)c1. The summed E-state index contributed by atoms with van der Waals surface area (Å²) in [6.07, 6.45) is 1.68. The zero-order chi connectivity index (χ0) is 25.1. The van der Waals surface area contributed by atoms with Crippen molar-refractivity contribution in [3.05, 3.63) is 93.6 Å². The minimum absolute atomic E-state index is 0.186. The van der Waals surface area contributed by atoms with Gasteiger partial charge in [0.2, 0.25) is 0 Å². The molecule has 8 heteroatoms. The first-order valence-corrected chi connectivity index (χ1v) is 12.1. The van der Waals surface area contributed by atoms with E-state index in [0.29, 0.717) is 26.2 Å². The third kappa shape index (κ3) is 5.61. The number of hydrogen-bond acceptors (Lipinski definition) is 5. The minimum atomic E-state index is -0.391. The van der Waals surface area contributed by atoms with E-state index in [-0.39, 0.29) is 18.4 Å². The predicted molar refractivity (Wildman–Crippen MR) is 143 cm³/mol. The van der Waals surface area contributed by atoms with Gasteiger partial charge in [0.05, 0.1) is 10.6 Å². The molecule has 0 saturated carbocycles. The van der Waals surface area contributed by atoms with Gasteiger partial charge >= 0.3 is 0 Å². The zero-order valence-electron chi connectivity index (χ0n) is 19.4. The summed E-state index contributed by atoms with van der Waals surface area (Å²) in [5.74, 6) is -0.508. The largest absolute Gasteiger partial charge is 0.483 e. The van der Waals surface area contributed by atoms with Gasteiger partial charge < -0.3 is 10.1 Å².